The molecule has 1 atom stereocenters. The molecular formula is C26H34N2O3S. The van der Waals surface area contributed by atoms with E-state index in [1.807, 2.05) is 23.2 Å². The molecule has 2 aromatic rings. The zero-order valence-corrected chi connectivity index (χ0v) is 20.7. The first kappa shape index (κ1) is 23.0. The number of carbonyl (C=O) groups excluding carboxylic acids is 2. The van der Waals surface area contributed by atoms with E-state index in [0.717, 1.165) is 60.2 Å². The summed E-state index contributed by atoms with van der Waals surface area (Å²) in [5.41, 5.74) is 5.08. The van der Waals surface area contributed by atoms with Gasteiger partial charge in [0, 0.05) is 40.4 Å². The Kier molecular flexibility index (Phi) is 6.70. The van der Waals surface area contributed by atoms with Gasteiger partial charge in [-0.3, -0.25) is 9.59 Å². The van der Waals surface area contributed by atoms with Crippen molar-refractivity contribution >= 4 is 23.0 Å². The van der Waals surface area contributed by atoms with Gasteiger partial charge in [0.15, 0.2) is 0 Å². The van der Waals surface area contributed by atoms with Gasteiger partial charge in [0.1, 0.15) is 5.78 Å². The quantitative estimate of drug-likeness (QED) is 0.596. The predicted octanol–water partition coefficient (Wildman–Crippen LogP) is 5.53. The largest absolute Gasteiger partial charge is 0.481 e. The molecule has 1 fully saturated rings. The third-order valence-corrected chi connectivity index (χ3v) is 8.83. The molecule has 0 radical (unpaired) electrons. The summed E-state index contributed by atoms with van der Waals surface area (Å²) >= 11 is 1.83. The molecule has 0 saturated heterocycles. The molecule has 1 aliphatic heterocycles. The van der Waals surface area contributed by atoms with Crippen LogP contribution in [0.5, 0.6) is 5.88 Å². The fourth-order valence-electron chi connectivity index (χ4n) is 5.38. The van der Waals surface area contributed by atoms with E-state index >= 15 is 0 Å². The fraction of sp³-hybridized carbons (Fsp3) is 0.577. The summed E-state index contributed by atoms with van der Waals surface area (Å²) in [6, 6.07) is 2.05. The van der Waals surface area contributed by atoms with Gasteiger partial charge < -0.3 is 9.64 Å². The van der Waals surface area contributed by atoms with Gasteiger partial charge in [-0.25, -0.2) is 4.98 Å². The number of aryl methyl sites for hydroxylation is 3. The maximum Gasteiger partial charge on any atom is 0.255 e. The van der Waals surface area contributed by atoms with Crippen LogP contribution in [0.25, 0.3) is 0 Å². The number of carbonyl (C=O) groups is 2. The highest BCUT2D eigenvalue weighted by Crippen LogP contribution is 2.43. The van der Waals surface area contributed by atoms with Crippen LogP contribution in [0.2, 0.25) is 0 Å². The van der Waals surface area contributed by atoms with E-state index < -0.39 is 0 Å². The molecule has 6 heteroatoms. The topological polar surface area (TPSA) is 59.5 Å². The Bertz CT molecular complexity index is 1030. The van der Waals surface area contributed by atoms with Crippen molar-refractivity contribution in [2.75, 3.05) is 13.7 Å². The van der Waals surface area contributed by atoms with Gasteiger partial charge in [-0.15, -0.1) is 11.3 Å². The first-order valence-corrected chi connectivity index (χ1v) is 12.6. The second-order valence-electron chi connectivity index (χ2n) is 9.45. The van der Waals surface area contributed by atoms with E-state index in [1.54, 1.807) is 7.11 Å². The van der Waals surface area contributed by atoms with Crippen LogP contribution in [-0.2, 0) is 17.8 Å². The lowest BCUT2D eigenvalue weighted by molar-refractivity contribution is -0.121. The van der Waals surface area contributed by atoms with Crippen molar-refractivity contribution in [3.8, 4) is 5.88 Å². The van der Waals surface area contributed by atoms with Gasteiger partial charge in [0.2, 0.25) is 5.88 Å². The minimum absolute atomic E-state index is 0.130. The Morgan fingerprint density at radius 3 is 2.59 bits per heavy atom. The predicted molar refractivity (Wildman–Crippen MR) is 128 cm³/mol. The number of hydrogen-bond acceptors (Lipinski definition) is 5. The highest BCUT2D eigenvalue weighted by Gasteiger charge is 2.33. The molecule has 1 saturated carbocycles. The van der Waals surface area contributed by atoms with Gasteiger partial charge in [-0.05, 0) is 75.5 Å². The Balaban J connectivity index is 1.61. The maximum absolute atomic E-state index is 13.7. The van der Waals surface area contributed by atoms with Crippen molar-refractivity contribution in [1.29, 1.82) is 0 Å². The monoisotopic (exact) mass is 454 g/mol. The van der Waals surface area contributed by atoms with Crippen LogP contribution in [0.1, 0.15) is 87.4 Å². The fourth-order valence-corrected chi connectivity index (χ4v) is 6.87. The van der Waals surface area contributed by atoms with E-state index in [1.165, 1.54) is 9.75 Å². The smallest absolute Gasteiger partial charge is 0.255 e. The van der Waals surface area contributed by atoms with Crippen LogP contribution in [0, 0.1) is 26.7 Å². The molecular weight excluding hydrogens is 420 g/mol. The van der Waals surface area contributed by atoms with E-state index in [0.29, 0.717) is 42.9 Å². The van der Waals surface area contributed by atoms with Gasteiger partial charge >= 0.3 is 0 Å². The number of Topliss-reactive ketones (excluding diaryl/α,β-unsaturated/α-hetero) is 1. The van der Waals surface area contributed by atoms with Crippen molar-refractivity contribution in [2.24, 2.45) is 5.92 Å². The lowest BCUT2D eigenvalue weighted by atomic mass is 9.79. The van der Waals surface area contributed by atoms with Gasteiger partial charge in [0.25, 0.3) is 5.91 Å². The highest BCUT2D eigenvalue weighted by atomic mass is 32.1. The number of nitrogens with zero attached hydrogens (tertiary/aromatic N) is 2. The standard InChI is InChI=1S/C26H34N2O3S/c1-15-13-16(2)27-25(31-5)21(15)14-28-12-6-7-22-23(26(28)30)18(4)24(32-22)17(3)19-8-10-20(29)11-9-19/h13,17,19H,6-12,14H2,1-5H3. The van der Waals surface area contributed by atoms with Gasteiger partial charge in [-0.1, -0.05) is 6.92 Å². The van der Waals surface area contributed by atoms with Crippen molar-refractivity contribution in [1.82, 2.24) is 9.88 Å². The maximum atomic E-state index is 13.7. The summed E-state index contributed by atoms with van der Waals surface area (Å²) in [4.78, 5) is 34.5. The van der Waals surface area contributed by atoms with Crippen LogP contribution in [-0.4, -0.2) is 35.2 Å². The summed E-state index contributed by atoms with van der Waals surface area (Å²) in [7, 11) is 1.64. The Morgan fingerprint density at radius 1 is 1.19 bits per heavy atom. The van der Waals surface area contributed by atoms with Crippen LogP contribution < -0.4 is 4.74 Å². The summed E-state index contributed by atoms with van der Waals surface area (Å²) in [5, 5.41) is 0. The van der Waals surface area contributed by atoms with Crippen molar-refractivity contribution < 1.29 is 14.3 Å². The number of ether oxygens (including phenoxy) is 1. The highest BCUT2D eigenvalue weighted by molar-refractivity contribution is 7.12. The van der Waals surface area contributed by atoms with Gasteiger partial charge in [0.05, 0.1) is 19.2 Å². The molecule has 0 N–H and O–H groups in total. The minimum atomic E-state index is 0.130. The zero-order valence-electron chi connectivity index (χ0n) is 19.9. The lowest BCUT2D eigenvalue weighted by Gasteiger charge is -2.27. The summed E-state index contributed by atoms with van der Waals surface area (Å²) in [6.45, 7) is 9.69. The van der Waals surface area contributed by atoms with E-state index in [2.05, 4.69) is 31.8 Å². The second-order valence-corrected chi connectivity index (χ2v) is 10.6. The molecule has 172 valence electrons. The van der Waals surface area contributed by atoms with E-state index in [9.17, 15) is 9.59 Å². The van der Waals surface area contributed by atoms with Crippen LogP contribution in [0.4, 0.5) is 0 Å². The summed E-state index contributed by atoms with van der Waals surface area (Å²) < 4.78 is 5.55. The third kappa shape index (κ3) is 4.34. The van der Waals surface area contributed by atoms with Crippen LogP contribution >= 0.6 is 11.3 Å². The SMILES string of the molecule is COc1nc(C)cc(C)c1CN1CCCc2sc(C(C)C3CCC(=O)CC3)c(C)c2C1=O. The Hall–Kier alpha value is -2.21. The van der Waals surface area contributed by atoms with Gasteiger partial charge in [-0.2, -0.15) is 0 Å². The molecule has 0 spiro atoms. The van der Waals surface area contributed by atoms with Crippen molar-refractivity contribution in [2.45, 2.75) is 78.7 Å². The molecule has 3 heterocycles. The van der Waals surface area contributed by atoms with Crippen LogP contribution in [0.3, 0.4) is 0 Å². The third-order valence-electron chi connectivity index (χ3n) is 7.28. The number of fused-ring (bicyclic) bond motifs is 1. The second kappa shape index (κ2) is 9.34. The molecule has 0 bridgehead atoms. The van der Waals surface area contributed by atoms with Crippen LogP contribution in [0.15, 0.2) is 6.07 Å². The molecule has 5 nitrogen and oxygen atoms in total. The van der Waals surface area contributed by atoms with E-state index in [4.69, 9.17) is 4.74 Å². The number of hydrogen-bond donors (Lipinski definition) is 0. The van der Waals surface area contributed by atoms with E-state index in [-0.39, 0.29) is 5.91 Å². The molecule has 4 rings (SSSR count). The first-order valence-electron chi connectivity index (χ1n) is 11.7. The summed E-state index contributed by atoms with van der Waals surface area (Å²) in [5.74, 6) is 2.07. The molecule has 2 aliphatic rings. The number of methoxy groups -OCH3 is 1. The summed E-state index contributed by atoms with van der Waals surface area (Å²) in [6.07, 6.45) is 5.27. The Morgan fingerprint density at radius 2 is 1.91 bits per heavy atom. The molecule has 0 aromatic carbocycles. The number of pyridine rings is 1. The number of amides is 1. The zero-order chi connectivity index (χ0) is 23.0. The minimum Gasteiger partial charge on any atom is -0.481 e. The number of thiophene rings is 1. The number of aromatic nitrogens is 1. The normalized spacial score (nSPS) is 18.5. The molecule has 1 amide bonds. The van der Waals surface area contributed by atoms with Crippen molar-refractivity contribution in [3.63, 3.8) is 0 Å². The number of ketones is 1. The first-order chi connectivity index (χ1) is 15.3. The average molecular weight is 455 g/mol. The number of rotatable bonds is 5. The average Bonchev–Trinajstić information content (AvgIpc) is 3.00. The Labute approximate surface area is 195 Å². The molecule has 2 aromatic heterocycles. The van der Waals surface area contributed by atoms with Crippen molar-refractivity contribution in [3.05, 3.63) is 43.8 Å². The molecule has 32 heavy (non-hydrogen) atoms. The lowest BCUT2D eigenvalue weighted by Crippen LogP contribution is -2.31. The molecule has 1 unspecified atom stereocenters. The molecule has 1 aliphatic carbocycles.